The minimum Gasteiger partial charge on any atom is -0.354 e. The Morgan fingerprint density at radius 1 is 1.09 bits per heavy atom. The van der Waals surface area contributed by atoms with Gasteiger partial charge in [0.25, 0.3) is 10.1 Å². The SMILES string of the molecule is Cc1cnccc1-c1cccc([C@H](C)N(CCCC(=O)NCCNC(=O)[C@@H](N)CS(=O)(=O)O)Sc2ccccc2C(F)(F)F)c1. The Labute approximate surface area is 264 Å². The topological polar surface area (TPSA) is 155 Å². The Bertz CT molecular complexity index is 1570. The van der Waals surface area contributed by atoms with E-state index in [1.165, 1.54) is 12.1 Å². The van der Waals surface area contributed by atoms with Crippen LogP contribution in [0.5, 0.6) is 0 Å². The number of aryl methyl sites for hydroxylation is 1. The molecule has 0 bridgehead atoms. The molecule has 3 rings (SSSR count). The number of amides is 2. The highest BCUT2D eigenvalue weighted by molar-refractivity contribution is 7.97. The normalized spacial score (nSPS) is 13.3. The van der Waals surface area contributed by atoms with Gasteiger partial charge in [-0.25, -0.2) is 4.31 Å². The summed E-state index contributed by atoms with van der Waals surface area (Å²) in [5.41, 5.74) is 8.49. The van der Waals surface area contributed by atoms with Crippen LogP contribution in [0.3, 0.4) is 0 Å². The molecule has 1 heterocycles. The number of halogens is 3. The maximum atomic E-state index is 13.8. The van der Waals surface area contributed by atoms with Gasteiger partial charge in [0.05, 0.1) is 11.3 Å². The second-order valence-corrected chi connectivity index (χ2v) is 12.9. The third kappa shape index (κ3) is 11.4. The van der Waals surface area contributed by atoms with Crippen molar-refractivity contribution in [2.45, 2.75) is 49.8 Å². The van der Waals surface area contributed by atoms with Crippen LogP contribution >= 0.6 is 11.9 Å². The number of hydrogen-bond acceptors (Lipinski definition) is 8. The third-order valence-electron chi connectivity index (χ3n) is 6.80. The number of rotatable bonds is 15. The molecule has 1 aromatic heterocycles. The molecule has 45 heavy (non-hydrogen) atoms. The Hall–Kier alpha value is -3.50. The lowest BCUT2D eigenvalue weighted by Gasteiger charge is -2.29. The molecule has 0 radical (unpaired) electrons. The van der Waals surface area contributed by atoms with Gasteiger partial charge in [0.15, 0.2) is 0 Å². The number of nitrogens with one attached hydrogen (secondary N) is 2. The average molecular weight is 668 g/mol. The van der Waals surface area contributed by atoms with Crippen LogP contribution in [-0.2, 0) is 25.9 Å². The highest BCUT2D eigenvalue weighted by Gasteiger charge is 2.34. The number of carbonyl (C=O) groups excluding carboxylic acids is 2. The first kappa shape index (κ1) is 36.0. The lowest BCUT2D eigenvalue weighted by molar-refractivity contribution is -0.139. The summed E-state index contributed by atoms with van der Waals surface area (Å²) in [5, 5.41) is 5.00. The number of nitrogens with zero attached hydrogens (tertiary/aromatic N) is 2. The van der Waals surface area contributed by atoms with Gasteiger partial charge >= 0.3 is 6.18 Å². The summed E-state index contributed by atoms with van der Waals surface area (Å²) >= 11 is 0.984. The van der Waals surface area contributed by atoms with Crippen molar-refractivity contribution in [1.29, 1.82) is 0 Å². The average Bonchev–Trinajstić information content (AvgIpc) is 2.97. The summed E-state index contributed by atoms with van der Waals surface area (Å²) in [6.07, 6.45) is -0.682. The van der Waals surface area contributed by atoms with Gasteiger partial charge in [-0.15, -0.1) is 0 Å². The standard InChI is InChI=1S/C30H36F3N5O5S2/c1-20-18-35-13-12-24(20)23-8-5-7-22(17-23)21(2)38(44-27-10-4-3-9-25(27)30(31,32)33)16-6-11-28(39)36-14-15-37-29(40)26(34)19-45(41,42)43/h3-5,7-10,12-13,17-18,21,26H,6,11,14-16,19,34H2,1-2H3,(H,36,39)(H,37,40)(H,41,42,43)/t21-,26-/m0/s1. The van der Waals surface area contributed by atoms with Crippen molar-refractivity contribution < 1.29 is 35.7 Å². The van der Waals surface area contributed by atoms with Gasteiger partial charge in [-0.05, 0) is 78.7 Å². The minimum atomic E-state index is -4.54. The van der Waals surface area contributed by atoms with E-state index in [9.17, 15) is 31.2 Å². The van der Waals surface area contributed by atoms with Crippen molar-refractivity contribution in [3.05, 3.63) is 83.7 Å². The molecule has 2 atom stereocenters. The summed E-state index contributed by atoms with van der Waals surface area (Å²) in [5.74, 6) is -2.07. The summed E-state index contributed by atoms with van der Waals surface area (Å²) in [6.45, 7) is 4.15. The molecule has 2 amide bonds. The number of nitrogens with two attached hydrogens (primary N) is 1. The van der Waals surface area contributed by atoms with Gasteiger partial charge in [0.2, 0.25) is 11.8 Å². The van der Waals surface area contributed by atoms with Gasteiger partial charge in [0.1, 0.15) is 6.04 Å². The van der Waals surface area contributed by atoms with Crippen LogP contribution in [0.2, 0.25) is 0 Å². The molecule has 15 heteroatoms. The highest BCUT2D eigenvalue weighted by atomic mass is 32.2. The van der Waals surface area contributed by atoms with E-state index < -0.39 is 39.6 Å². The molecule has 0 aliphatic heterocycles. The van der Waals surface area contributed by atoms with Crippen LogP contribution in [-0.4, -0.2) is 65.5 Å². The molecule has 0 saturated carbocycles. The van der Waals surface area contributed by atoms with E-state index in [2.05, 4.69) is 15.6 Å². The highest BCUT2D eigenvalue weighted by Crippen LogP contribution is 2.41. The van der Waals surface area contributed by atoms with E-state index in [1.807, 2.05) is 48.5 Å². The number of carbonyl (C=O) groups is 2. The molecular weight excluding hydrogens is 631 g/mol. The first-order valence-electron chi connectivity index (χ1n) is 14.0. The quantitative estimate of drug-likeness (QED) is 0.105. The van der Waals surface area contributed by atoms with Gasteiger partial charge in [-0.1, -0.05) is 30.3 Å². The van der Waals surface area contributed by atoms with E-state index in [4.69, 9.17) is 10.3 Å². The van der Waals surface area contributed by atoms with Crippen molar-refractivity contribution in [2.75, 3.05) is 25.4 Å². The fourth-order valence-corrected chi connectivity index (χ4v) is 6.24. The number of aromatic nitrogens is 1. The van der Waals surface area contributed by atoms with Crippen LogP contribution in [0.1, 0.15) is 42.5 Å². The summed E-state index contributed by atoms with van der Waals surface area (Å²) < 4.78 is 73.8. The Morgan fingerprint density at radius 3 is 2.49 bits per heavy atom. The van der Waals surface area contributed by atoms with E-state index >= 15 is 0 Å². The predicted molar refractivity (Wildman–Crippen MR) is 166 cm³/mol. The summed E-state index contributed by atoms with van der Waals surface area (Å²) in [6, 6.07) is 13.2. The van der Waals surface area contributed by atoms with Gasteiger partial charge < -0.3 is 16.4 Å². The maximum Gasteiger partial charge on any atom is 0.417 e. The molecule has 0 aliphatic rings. The Morgan fingerprint density at radius 2 is 1.80 bits per heavy atom. The number of hydrogen-bond donors (Lipinski definition) is 4. The van der Waals surface area contributed by atoms with Gasteiger partial charge in [0, 0.05) is 49.4 Å². The Kier molecular flexibility index (Phi) is 12.9. The van der Waals surface area contributed by atoms with Gasteiger partial charge in [-0.3, -0.25) is 19.1 Å². The lowest BCUT2D eigenvalue weighted by Crippen LogP contribution is -2.46. The second kappa shape index (κ2) is 16.2. The van der Waals surface area contributed by atoms with Crippen molar-refractivity contribution in [2.24, 2.45) is 5.73 Å². The molecule has 10 nitrogen and oxygen atoms in total. The van der Waals surface area contributed by atoms with Gasteiger partial charge in [-0.2, -0.15) is 21.6 Å². The second-order valence-electron chi connectivity index (χ2n) is 10.3. The van der Waals surface area contributed by atoms with Crippen LogP contribution in [0, 0.1) is 6.92 Å². The number of alkyl halides is 3. The smallest absolute Gasteiger partial charge is 0.354 e. The minimum absolute atomic E-state index is 0.0235. The monoisotopic (exact) mass is 667 g/mol. The lowest BCUT2D eigenvalue weighted by atomic mass is 9.98. The summed E-state index contributed by atoms with van der Waals surface area (Å²) in [7, 11) is -4.42. The summed E-state index contributed by atoms with van der Waals surface area (Å²) in [4.78, 5) is 28.5. The zero-order valence-electron chi connectivity index (χ0n) is 24.8. The number of pyridine rings is 1. The fraction of sp³-hybridized carbons (Fsp3) is 0.367. The first-order chi connectivity index (χ1) is 21.2. The molecule has 0 saturated heterocycles. The fourth-order valence-electron chi connectivity index (χ4n) is 4.46. The van der Waals surface area contributed by atoms with E-state index in [-0.39, 0.29) is 42.9 Å². The van der Waals surface area contributed by atoms with Crippen LogP contribution in [0.4, 0.5) is 13.2 Å². The zero-order chi connectivity index (χ0) is 33.2. The Balaban J connectivity index is 1.67. The molecular formula is C30H36F3N5O5S2. The largest absolute Gasteiger partial charge is 0.417 e. The zero-order valence-corrected chi connectivity index (χ0v) is 26.4. The molecule has 0 unspecified atom stereocenters. The van der Waals surface area contributed by atoms with Crippen LogP contribution < -0.4 is 16.4 Å². The maximum absolute atomic E-state index is 13.8. The van der Waals surface area contributed by atoms with Crippen LogP contribution in [0.25, 0.3) is 11.1 Å². The number of benzene rings is 2. The molecule has 3 aromatic rings. The molecule has 0 fully saturated rings. The van der Waals surface area contributed by atoms with Crippen molar-refractivity contribution in [3.63, 3.8) is 0 Å². The molecule has 2 aromatic carbocycles. The van der Waals surface area contributed by atoms with E-state index in [0.717, 1.165) is 40.3 Å². The molecule has 0 spiro atoms. The first-order valence-corrected chi connectivity index (χ1v) is 16.4. The van der Waals surface area contributed by atoms with Crippen LogP contribution in [0.15, 0.2) is 71.9 Å². The molecule has 244 valence electrons. The van der Waals surface area contributed by atoms with Crippen molar-refractivity contribution >= 4 is 33.9 Å². The van der Waals surface area contributed by atoms with E-state index in [1.54, 1.807) is 18.5 Å². The molecule has 0 aliphatic carbocycles. The van der Waals surface area contributed by atoms with Crippen molar-refractivity contribution in [1.82, 2.24) is 19.9 Å². The third-order valence-corrected chi connectivity index (χ3v) is 8.86. The predicted octanol–water partition coefficient (Wildman–Crippen LogP) is 4.37. The molecule has 5 N–H and O–H groups in total. The van der Waals surface area contributed by atoms with Crippen molar-refractivity contribution in [3.8, 4) is 11.1 Å². The van der Waals surface area contributed by atoms with E-state index in [0.29, 0.717) is 6.42 Å².